The van der Waals surface area contributed by atoms with Crippen molar-refractivity contribution in [1.82, 2.24) is 0 Å². The second-order valence-corrected chi connectivity index (χ2v) is 12.2. The SMILES string of the molecule is CN(CC[As](C)C)c1ccc(C(=O)OC(C)(C)C)c([N+](=O)[O-])c1. The van der Waals surface area contributed by atoms with Crippen LogP contribution in [0.2, 0.25) is 16.6 Å². The van der Waals surface area contributed by atoms with E-state index >= 15 is 0 Å². The molecule has 0 unspecified atom stereocenters. The standard InChI is InChI=1S/C16H25AsN2O4/c1-16(2,3)23-15(20)13-8-7-12(11-14(13)19(21)22)18(6)10-9-17(4)5/h7-8,11H,9-10H2,1-6H3. The van der Waals surface area contributed by atoms with Crippen molar-refractivity contribution < 1.29 is 14.5 Å². The van der Waals surface area contributed by atoms with E-state index in [1.165, 1.54) is 12.1 Å². The van der Waals surface area contributed by atoms with E-state index in [2.05, 4.69) is 11.4 Å². The first-order valence-electron chi connectivity index (χ1n) is 7.39. The van der Waals surface area contributed by atoms with Crippen molar-refractivity contribution in [3.63, 3.8) is 0 Å². The van der Waals surface area contributed by atoms with Gasteiger partial charge in [-0.25, -0.2) is 0 Å². The molecule has 128 valence electrons. The van der Waals surface area contributed by atoms with E-state index in [1.807, 2.05) is 11.9 Å². The first-order chi connectivity index (χ1) is 10.5. The summed E-state index contributed by atoms with van der Waals surface area (Å²) in [6.45, 7) is 6.05. The molecular weight excluding hydrogens is 359 g/mol. The number of benzene rings is 1. The molecule has 0 bridgehead atoms. The number of carbonyl (C=O) groups excluding carboxylic acids is 1. The summed E-state index contributed by atoms with van der Waals surface area (Å²) in [5, 5.41) is 12.4. The van der Waals surface area contributed by atoms with Crippen molar-refractivity contribution in [2.45, 2.75) is 43.0 Å². The molecule has 0 aromatic heterocycles. The summed E-state index contributed by atoms with van der Waals surface area (Å²) in [4.78, 5) is 24.9. The molecule has 0 radical (unpaired) electrons. The van der Waals surface area contributed by atoms with E-state index in [0.29, 0.717) is 0 Å². The molecule has 0 aliphatic rings. The molecule has 7 heteroatoms. The molecule has 0 aliphatic carbocycles. The summed E-state index contributed by atoms with van der Waals surface area (Å²) in [7, 11) is 1.91. The Bertz CT molecular complexity index is 582. The van der Waals surface area contributed by atoms with Gasteiger partial charge in [0, 0.05) is 0 Å². The minimum absolute atomic E-state index is 0.0132. The Morgan fingerprint density at radius 1 is 1.35 bits per heavy atom. The number of anilines is 1. The van der Waals surface area contributed by atoms with Crippen LogP contribution in [0.4, 0.5) is 11.4 Å². The van der Waals surface area contributed by atoms with Gasteiger partial charge in [0.25, 0.3) is 0 Å². The van der Waals surface area contributed by atoms with Crippen LogP contribution in [0.25, 0.3) is 0 Å². The van der Waals surface area contributed by atoms with Crippen molar-refractivity contribution in [2.24, 2.45) is 0 Å². The zero-order valence-electron chi connectivity index (χ0n) is 14.6. The van der Waals surface area contributed by atoms with Crippen LogP contribution >= 0.6 is 0 Å². The van der Waals surface area contributed by atoms with Crippen LogP contribution in [0, 0.1) is 10.1 Å². The summed E-state index contributed by atoms with van der Waals surface area (Å²) >= 11 is -0.744. The number of nitro benzene ring substituents is 1. The molecule has 0 amide bonds. The number of nitrogens with zero attached hydrogens (tertiary/aromatic N) is 2. The quantitative estimate of drug-likeness (QED) is 0.323. The van der Waals surface area contributed by atoms with Crippen LogP contribution in [0.3, 0.4) is 0 Å². The minimum atomic E-state index is -0.744. The van der Waals surface area contributed by atoms with Crippen molar-refractivity contribution in [1.29, 1.82) is 0 Å². The molecule has 23 heavy (non-hydrogen) atoms. The van der Waals surface area contributed by atoms with Crippen molar-refractivity contribution >= 4 is 32.0 Å². The number of esters is 1. The second-order valence-electron chi connectivity index (χ2n) is 6.69. The van der Waals surface area contributed by atoms with Crippen LogP contribution in [-0.4, -0.2) is 44.7 Å². The second kappa shape index (κ2) is 7.82. The van der Waals surface area contributed by atoms with Gasteiger partial charge in [-0.2, -0.15) is 0 Å². The van der Waals surface area contributed by atoms with Crippen molar-refractivity contribution in [2.75, 3.05) is 18.5 Å². The van der Waals surface area contributed by atoms with E-state index in [0.717, 1.165) is 17.4 Å². The molecule has 0 heterocycles. The normalized spacial score (nSPS) is 11.4. The van der Waals surface area contributed by atoms with Gasteiger partial charge in [-0.05, 0) is 0 Å². The molecule has 0 atom stereocenters. The van der Waals surface area contributed by atoms with Gasteiger partial charge in [0.1, 0.15) is 0 Å². The Labute approximate surface area is 142 Å². The van der Waals surface area contributed by atoms with Gasteiger partial charge in [0.2, 0.25) is 0 Å². The number of nitro groups is 1. The van der Waals surface area contributed by atoms with E-state index in [9.17, 15) is 14.9 Å². The Morgan fingerprint density at radius 3 is 2.43 bits per heavy atom. The predicted molar refractivity (Wildman–Crippen MR) is 93.8 cm³/mol. The van der Waals surface area contributed by atoms with Crippen LogP contribution in [0.15, 0.2) is 18.2 Å². The van der Waals surface area contributed by atoms with Gasteiger partial charge >= 0.3 is 142 Å². The predicted octanol–water partition coefficient (Wildman–Crippen LogP) is 3.74. The first kappa shape index (κ1) is 19.5. The molecular formula is C16H25AsN2O4. The molecule has 0 N–H and O–H groups in total. The summed E-state index contributed by atoms with van der Waals surface area (Å²) in [6, 6.07) is 4.66. The molecule has 0 fully saturated rings. The zero-order valence-corrected chi connectivity index (χ0v) is 16.5. The van der Waals surface area contributed by atoms with Gasteiger partial charge in [0.15, 0.2) is 0 Å². The fourth-order valence-electron chi connectivity index (χ4n) is 1.89. The third kappa shape index (κ3) is 6.22. The van der Waals surface area contributed by atoms with E-state index < -0.39 is 31.1 Å². The van der Waals surface area contributed by atoms with Gasteiger partial charge < -0.3 is 0 Å². The fraction of sp³-hybridized carbons (Fsp3) is 0.562. The first-order valence-corrected chi connectivity index (χ1v) is 12.5. The Kier molecular flexibility index (Phi) is 6.63. The maximum absolute atomic E-state index is 12.1. The third-order valence-corrected chi connectivity index (χ3v) is 5.42. The number of hydrogen-bond acceptors (Lipinski definition) is 5. The molecule has 0 aliphatic heterocycles. The Morgan fingerprint density at radius 2 is 1.96 bits per heavy atom. The molecule has 6 nitrogen and oxygen atoms in total. The third-order valence-electron chi connectivity index (χ3n) is 3.12. The number of carbonyl (C=O) groups is 1. The average Bonchev–Trinajstić information content (AvgIpc) is 2.42. The molecule has 0 saturated heterocycles. The summed E-state index contributed by atoms with van der Waals surface area (Å²) in [5.41, 5.74) is 4.36. The van der Waals surface area contributed by atoms with Gasteiger partial charge in [-0.1, -0.05) is 0 Å². The average molecular weight is 384 g/mol. The molecule has 0 spiro atoms. The van der Waals surface area contributed by atoms with Gasteiger partial charge in [-0.15, -0.1) is 0 Å². The number of rotatable bonds is 6. The monoisotopic (exact) mass is 384 g/mol. The van der Waals surface area contributed by atoms with Crippen LogP contribution < -0.4 is 4.90 Å². The maximum atomic E-state index is 12.1. The summed E-state index contributed by atoms with van der Waals surface area (Å²) in [6.07, 6.45) is 0. The fourth-order valence-corrected chi connectivity index (χ4v) is 3.36. The topological polar surface area (TPSA) is 72.7 Å². The summed E-state index contributed by atoms with van der Waals surface area (Å²) < 4.78 is 5.24. The van der Waals surface area contributed by atoms with Crippen LogP contribution in [0.1, 0.15) is 31.1 Å². The zero-order chi connectivity index (χ0) is 17.8. The van der Waals surface area contributed by atoms with Crippen LogP contribution in [0.5, 0.6) is 0 Å². The van der Waals surface area contributed by atoms with Crippen molar-refractivity contribution in [3.05, 3.63) is 33.9 Å². The van der Waals surface area contributed by atoms with Crippen molar-refractivity contribution in [3.8, 4) is 0 Å². The summed E-state index contributed by atoms with van der Waals surface area (Å²) in [5.74, 6) is -0.673. The Balaban J connectivity index is 3.07. The van der Waals surface area contributed by atoms with E-state index in [1.54, 1.807) is 26.8 Å². The van der Waals surface area contributed by atoms with Gasteiger partial charge in [0.05, 0.1) is 0 Å². The molecule has 0 saturated carbocycles. The molecule has 1 aromatic carbocycles. The molecule has 1 rings (SSSR count). The van der Waals surface area contributed by atoms with E-state index in [4.69, 9.17) is 4.74 Å². The number of ether oxygens (including phenoxy) is 1. The molecule has 1 aromatic rings. The van der Waals surface area contributed by atoms with Gasteiger partial charge in [-0.3, -0.25) is 0 Å². The number of hydrogen-bond donors (Lipinski definition) is 0. The van der Waals surface area contributed by atoms with Crippen LogP contribution in [-0.2, 0) is 4.74 Å². The van der Waals surface area contributed by atoms with E-state index in [-0.39, 0.29) is 11.3 Å². The Hall–Kier alpha value is -1.55.